The first kappa shape index (κ1) is 8.01. The predicted octanol–water partition coefficient (Wildman–Crippen LogP) is 2.16. The number of nitrogens with zero attached hydrogens (tertiary/aromatic N) is 2. The van der Waals surface area contributed by atoms with Gasteiger partial charge >= 0.3 is 0 Å². The highest BCUT2D eigenvalue weighted by atomic mass is 32.2. The van der Waals surface area contributed by atoms with Crippen LogP contribution >= 0.6 is 23.5 Å². The van der Waals surface area contributed by atoms with E-state index in [4.69, 9.17) is 0 Å². The standard InChI is InChI=1S/C6H10N2S2/c1-4-5-8(2)7-6(9-3)10-5/h4H,1-3H3. The molecule has 0 fully saturated rings. The van der Waals surface area contributed by atoms with Crippen molar-refractivity contribution in [3.63, 3.8) is 0 Å². The number of hydrogen-bond donors (Lipinski definition) is 0. The van der Waals surface area contributed by atoms with Gasteiger partial charge in [-0.3, -0.25) is 5.01 Å². The van der Waals surface area contributed by atoms with Gasteiger partial charge < -0.3 is 0 Å². The Labute approximate surface area is 69.7 Å². The van der Waals surface area contributed by atoms with Crippen LogP contribution in [0.3, 0.4) is 0 Å². The van der Waals surface area contributed by atoms with Crippen LogP contribution in [0.4, 0.5) is 0 Å². The zero-order chi connectivity index (χ0) is 7.56. The van der Waals surface area contributed by atoms with Crippen molar-refractivity contribution in [1.82, 2.24) is 5.01 Å². The maximum absolute atomic E-state index is 4.27. The van der Waals surface area contributed by atoms with Gasteiger partial charge in [0.2, 0.25) is 0 Å². The third-order valence-electron chi connectivity index (χ3n) is 1.16. The Kier molecular flexibility index (Phi) is 2.68. The summed E-state index contributed by atoms with van der Waals surface area (Å²) < 4.78 is 1.12. The molecule has 0 saturated heterocycles. The van der Waals surface area contributed by atoms with Gasteiger partial charge in [0.05, 0.1) is 5.03 Å². The lowest BCUT2D eigenvalue weighted by atomic mass is 10.7. The molecule has 56 valence electrons. The number of hydrogen-bond acceptors (Lipinski definition) is 4. The summed E-state index contributed by atoms with van der Waals surface area (Å²) in [5.41, 5.74) is 0. The summed E-state index contributed by atoms with van der Waals surface area (Å²) in [5, 5.41) is 7.38. The van der Waals surface area contributed by atoms with Crippen molar-refractivity contribution in [3.05, 3.63) is 11.1 Å². The van der Waals surface area contributed by atoms with E-state index in [1.54, 1.807) is 23.5 Å². The van der Waals surface area contributed by atoms with Crippen LogP contribution in [0, 0.1) is 0 Å². The van der Waals surface area contributed by atoms with Gasteiger partial charge in [-0.2, -0.15) is 5.10 Å². The van der Waals surface area contributed by atoms with Gasteiger partial charge in [0, 0.05) is 7.05 Å². The molecule has 0 spiro atoms. The Morgan fingerprint density at radius 1 is 1.70 bits per heavy atom. The molecule has 0 unspecified atom stereocenters. The van der Waals surface area contributed by atoms with Crippen molar-refractivity contribution in [2.24, 2.45) is 5.10 Å². The molecule has 0 radical (unpaired) electrons. The van der Waals surface area contributed by atoms with Crippen molar-refractivity contribution >= 4 is 27.9 Å². The molecule has 0 aromatic heterocycles. The van der Waals surface area contributed by atoms with Crippen LogP contribution in [0.15, 0.2) is 16.2 Å². The van der Waals surface area contributed by atoms with Crippen molar-refractivity contribution in [3.8, 4) is 0 Å². The normalized spacial score (nSPS) is 22.1. The zero-order valence-corrected chi connectivity index (χ0v) is 7.92. The molecule has 10 heavy (non-hydrogen) atoms. The van der Waals surface area contributed by atoms with Crippen LogP contribution < -0.4 is 0 Å². The van der Waals surface area contributed by atoms with Crippen LogP contribution in [-0.4, -0.2) is 22.7 Å². The summed E-state index contributed by atoms with van der Waals surface area (Å²) in [5.74, 6) is 0. The van der Waals surface area contributed by atoms with Gasteiger partial charge in [-0.15, -0.1) is 11.8 Å². The summed E-state index contributed by atoms with van der Waals surface area (Å²) in [7, 11) is 1.96. The van der Waals surface area contributed by atoms with Crippen molar-refractivity contribution < 1.29 is 0 Å². The Morgan fingerprint density at radius 3 is 2.70 bits per heavy atom. The van der Waals surface area contributed by atoms with Gasteiger partial charge in [0.1, 0.15) is 0 Å². The van der Waals surface area contributed by atoms with Gasteiger partial charge in [-0.05, 0) is 24.9 Å². The van der Waals surface area contributed by atoms with Gasteiger partial charge in [0.15, 0.2) is 4.38 Å². The van der Waals surface area contributed by atoms with E-state index in [-0.39, 0.29) is 0 Å². The molecule has 1 aliphatic rings. The van der Waals surface area contributed by atoms with E-state index < -0.39 is 0 Å². The van der Waals surface area contributed by atoms with Crippen LogP contribution in [0.5, 0.6) is 0 Å². The topological polar surface area (TPSA) is 15.6 Å². The monoisotopic (exact) mass is 174 g/mol. The first-order valence-electron chi connectivity index (χ1n) is 2.98. The molecule has 1 aliphatic heterocycles. The summed E-state index contributed by atoms with van der Waals surface area (Å²) in [6.07, 6.45) is 4.11. The second kappa shape index (κ2) is 3.34. The average Bonchev–Trinajstić information content (AvgIpc) is 2.30. The molecule has 0 aromatic carbocycles. The molecule has 1 rings (SSSR count). The third-order valence-corrected chi connectivity index (χ3v) is 3.31. The van der Waals surface area contributed by atoms with E-state index >= 15 is 0 Å². The second-order valence-electron chi connectivity index (χ2n) is 1.82. The Bertz CT molecular complexity index is 186. The van der Waals surface area contributed by atoms with E-state index in [0.29, 0.717) is 0 Å². The smallest absolute Gasteiger partial charge is 0.156 e. The van der Waals surface area contributed by atoms with E-state index in [0.717, 1.165) is 4.38 Å². The highest BCUT2D eigenvalue weighted by Crippen LogP contribution is 2.32. The molecule has 0 N–H and O–H groups in total. The number of rotatable bonds is 0. The highest BCUT2D eigenvalue weighted by molar-refractivity contribution is 8.40. The summed E-state index contributed by atoms with van der Waals surface area (Å²) in [4.78, 5) is 0. The zero-order valence-electron chi connectivity index (χ0n) is 6.29. The second-order valence-corrected chi connectivity index (χ2v) is 3.89. The number of allylic oxidation sites excluding steroid dienone is 1. The minimum Gasteiger partial charge on any atom is -0.260 e. The van der Waals surface area contributed by atoms with Gasteiger partial charge in [0.25, 0.3) is 0 Å². The molecule has 0 aliphatic carbocycles. The largest absolute Gasteiger partial charge is 0.260 e. The maximum atomic E-state index is 4.27. The van der Waals surface area contributed by atoms with E-state index in [1.165, 1.54) is 5.03 Å². The number of hydrazone groups is 1. The molecular weight excluding hydrogens is 164 g/mol. The first-order valence-corrected chi connectivity index (χ1v) is 5.02. The van der Waals surface area contributed by atoms with Crippen LogP contribution in [0.1, 0.15) is 6.92 Å². The number of thioether (sulfide) groups is 2. The fraction of sp³-hybridized carbons (Fsp3) is 0.500. The molecule has 1 heterocycles. The predicted molar refractivity (Wildman–Crippen MR) is 50.1 cm³/mol. The Balaban J connectivity index is 2.66. The lowest BCUT2D eigenvalue weighted by Gasteiger charge is -2.04. The molecular formula is C6H10N2S2. The first-order chi connectivity index (χ1) is 4.77. The molecule has 0 saturated carbocycles. The van der Waals surface area contributed by atoms with Crippen molar-refractivity contribution in [2.45, 2.75) is 6.92 Å². The van der Waals surface area contributed by atoms with Crippen LogP contribution in [-0.2, 0) is 0 Å². The fourth-order valence-corrected chi connectivity index (χ4v) is 2.10. The quantitative estimate of drug-likeness (QED) is 0.559. The molecule has 0 bridgehead atoms. The summed E-state index contributed by atoms with van der Waals surface area (Å²) in [6, 6.07) is 0. The summed E-state index contributed by atoms with van der Waals surface area (Å²) >= 11 is 3.40. The Hall–Kier alpha value is -0.0900. The van der Waals surface area contributed by atoms with Gasteiger partial charge in [-0.1, -0.05) is 6.08 Å². The maximum Gasteiger partial charge on any atom is 0.156 e. The lowest BCUT2D eigenvalue weighted by molar-refractivity contribution is 0.487. The molecule has 4 heteroatoms. The summed E-state index contributed by atoms with van der Waals surface area (Å²) in [6.45, 7) is 2.03. The lowest BCUT2D eigenvalue weighted by Crippen LogP contribution is -2.01. The highest BCUT2D eigenvalue weighted by Gasteiger charge is 2.15. The SMILES string of the molecule is CC=C1SC(SC)=NN1C. The third kappa shape index (κ3) is 1.49. The minimum atomic E-state index is 1.12. The fourth-order valence-electron chi connectivity index (χ4n) is 0.676. The molecule has 2 nitrogen and oxygen atoms in total. The minimum absolute atomic E-state index is 1.12. The van der Waals surface area contributed by atoms with Gasteiger partial charge in [-0.25, -0.2) is 0 Å². The Morgan fingerprint density at radius 2 is 2.40 bits per heavy atom. The van der Waals surface area contributed by atoms with Crippen molar-refractivity contribution in [1.29, 1.82) is 0 Å². The van der Waals surface area contributed by atoms with E-state index in [9.17, 15) is 0 Å². The van der Waals surface area contributed by atoms with Crippen LogP contribution in [0.25, 0.3) is 0 Å². The van der Waals surface area contributed by atoms with E-state index in [1.807, 2.05) is 25.2 Å². The van der Waals surface area contributed by atoms with Crippen molar-refractivity contribution in [2.75, 3.05) is 13.3 Å². The molecule has 0 amide bonds. The molecule has 0 atom stereocenters. The van der Waals surface area contributed by atoms with E-state index in [2.05, 4.69) is 11.2 Å². The van der Waals surface area contributed by atoms with Crippen LogP contribution in [0.2, 0.25) is 0 Å². The average molecular weight is 174 g/mol. The molecule has 0 aromatic rings.